The van der Waals surface area contributed by atoms with Gasteiger partial charge in [0.1, 0.15) is 0 Å². The number of carbonyl (C=O) groups excluding carboxylic acids is 1. The summed E-state index contributed by atoms with van der Waals surface area (Å²) in [7, 11) is 0. The number of hydrogen-bond acceptors (Lipinski definition) is 3. The lowest BCUT2D eigenvalue weighted by Crippen LogP contribution is -2.25. The number of amides is 1. The van der Waals surface area contributed by atoms with Crippen LogP contribution in [0.5, 0.6) is 0 Å². The van der Waals surface area contributed by atoms with Gasteiger partial charge in [-0.2, -0.15) is 5.10 Å². The fourth-order valence-electron chi connectivity index (χ4n) is 2.42. The third-order valence-electron chi connectivity index (χ3n) is 3.46. The van der Waals surface area contributed by atoms with Gasteiger partial charge in [0.25, 0.3) is 5.91 Å². The zero-order chi connectivity index (χ0) is 13.2. The molecule has 5 heteroatoms. The molecule has 0 atom stereocenters. The lowest BCUT2D eigenvalue weighted by atomic mass is 9.99. The number of benzene rings is 1. The zero-order valence-electron chi connectivity index (χ0n) is 10.8. The van der Waals surface area contributed by atoms with Crippen molar-refractivity contribution in [2.24, 2.45) is 0 Å². The fraction of sp³-hybridized carbons (Fsp3) is 0.286. The SMILES string of the molecule is Cc1[nH]ncc1C(=O)Nc1cccc2c1CCNC2. The van der Waals surface area contributed by atoms with Gasteiger partial charge in [-0.05, 0) is 37.1 Å². The van der Waals surface area contributed by atoms with Gasteiger partial charge in [-0.25, -0.2) is 0 Å². The Morgan fingerprint density at radius 2 is 2.32 bits per heavy atom. The van der Waals surface area contributed by atoms with Crippen LogP contribution in [0.3, 0.4) is 0 Å². The number of carbonyl (C=O) groups is 1. The Morgan fingerprint density at radius 3 is 3.11 bits per heavy atom. The minimum absolute atomic E-state index is 0.113. The van der Waals surface area contributed by atoms with Crippen molar-refractivity contribution in [3.8, 4) is 0 Å². The number of nitrogens with one attached hydrogen (secondary N) is 3. The molecule has 0 saturated heterocycles. The van der Waals surface area contributed by atoms with Gasteiger partial charge in [0.05, 0.1) is 11.8 Å². The van der Waals surface area contributed by atoms with E-state index in [1.54, 1.807) is 6.20 Å². The molecule has 1 aromatic carbocycles. The summed E-state index contributed by atoms with van der Waals surface area (Å²) in [5.74, 6) is -0.113. The van der Waals surface area contributed by atoms with E-state index in [-0.39, 0.29) is 5.91 Å². The molecule has 0 fully saturated rings. The van der Waals surface area contributed by atoms with Gasteiger partial charge >= 0.3 is 0 Å². The number of aromatic amines is 1. The summed E-state index contributed by atoms with van der Waals surface area (Å²) in [6.45, 7) is 3.65. The zero-order valence-corrected chi connectivity index (χ0v) is 10.8. The topological polar surface area (TPSA) is 69.8 Å². The maximum absolute atomic E-state index is 12.2. The quantitative estimate of drug-likeness (QED) is 0.764. The second-order valence-electron chi connectivity index (χ2n) is 4.73. The average Bonchev–Trinajstić information content (AvgIpc) is 2.85. The van der Waals surface area contributed by atoms with Crippen LogP contribution in [-0.4, -0.2) is 22.6 Å². The summed E-state index contributed by atoms with van der Waals surface area (Å²) < 4.78 is 0. The molecule has 98 valence electrons. The molecular weight excluding hydrogens is 240 g/mol. The van der Waals surface area contributed by atoms with Crippen LogP contribution in [0.1, 0.15) is 27.2 Å². The molecule has 1 aromatic heterocycles. The van der Waals surface area contributed by atoms with Gasteiger partial charge in [0.2, 0.25) is 0 Å². The summed E-state index contributed by atoms with van der Waals surface area (Å²) >= 11 is 0. The van der Waals surface area contributed by atoms with Crippen LogP contribution < -0.4 is 10.6 Å². The lowest BCUT2D eigenvalue weighted by molar-refractivity contribution is 0.102. The van der Waals surface area contributed by atoms with E-state index in [2.05, 4.69) is 26.9 Å². The van der Waals surface area contributed by atoms with Crippen LogP contribution in [0.2, 0.25) is 0 Å². The van der Waals surface area contributed by atoms with Crippen LogP contribution in [0, 0.1) is 6.92 Å². The highest BCUT2D eigenvalue weighted by atomic mass is 16.1. The standard InChI is InChI=1S/C14H16N4O/c1-9-12(8-16-18-9)14(19)17-13-4-2-3-10-7-15-6-5-11(10)13/h2-4,8,15H,5-7H2,1H3,(H,16,18)(H,17,19). The van der Waals surface area contributed by atoms with E-state index in [4.69, 9.17) is 0 Å². The van der Waals surface area contributed by atoms with Crippen molar-refractivity contribution in [3.05, 3.63) is 46.8 Å². The van der Waals surface area contributed by atoms with E-state index in [1.165, 1.54) is 11.1 Å². The number of anilines is 1. The molecule has 0 spiro atoms. The molecule has 19 heavy (non-hydrogen) atoms. The molecule has 0 bridgehead atoms. The normalized spacial score (nSPS) is 13.9. The number of fused-ring (bicyclic) bond motifs is 1. The van der Waals surface area contributed by atoms with Gasteiger partial charge in [0, 0.05) is 17.9 Å². The van der Waals surface area contributed by atoms with E-state index >= 15 is 0 Å². The molecule has 3 N–H and O–H groups in total. The second kappa shape index (κ2) is 4.85. The summed E-state index contributed by atoms with van der Waals surface area (Å²) in [4.78, 5) is 12.2. The predicted octanol–water partition coefficient (Wildman–Crippen LogP) is 1.62. The third-order valence-corrected chi connectivity index (χ3v) is 3.46. The molecule has 1 aliphatic heterocycles. The van der Waals surface area contributed by atoms with Gasteiger partial charge in [0.15, 0.2) is 0 Å². The molecule has 0 aliphatic carbocycles. The molecule has 2 aromatic rings. The maximum atomic E-state index is 12.2. The molecule has 2 heterocycles. The first kappa shape index (κ1) is 11.9. The van der Waals surface area contributed by atoms with Crippen LogP contribution in [0.4, 0.5) is 5.69 Å². The number of nitrogens with zero attached hydrogens (tertiary/aromatic N) is 1. The summed E-state index contributed by atoms with van der Waals surface area (Å²) in [6, 6.07) is 6.03. The Bertz CT molecular complexity index is 618. The van der Waals surface area contributed by atoms with Gasteiger partial charge in [-0.3, -0.25) is 9.89 Å². The molecule has 0 radical (unpaired) electrons. The monoisotopic (exact) mass is 256 g/mol. The Morgan fingerprint density at radius 1 is 1.42 bits per heavy atom. The van der Waals surface area contributed by atoms with E-state index in [0.29, 0.717) is 5.56 Å². The maximum Gasteiger partial charge on any atom is 0.259 e. The van der Waals surface area contributed by atoms with E-state index in [1.807, 2.05) is 19.1 Å². The highest BCUT2D eigenvalue weighted by Gasteiger charge is 2.16. The van der Waals surface area contributed by atoms with E-state index < -0.39 is 0 Å². The molecule has 1 amide bonds. The summed E-state index contributed by atoms with van der Waals surface area (Å²) in [6.07, 6.45) is 2.50. The fourth-order valence-corrected chi connectivity index (χ4v) is 2.42. The summed E-state index contributed by atoms with van der Waals surface area (Å²) in [5, 5.41) is 13.0. The van der Waals surface area contributed by atoms with E-state index in [0.717, 1.165) is 30.9 Å². The van der Waals surface area contributed by atoms with Crippen molar-refractivity contribution in [2.75, 3.05) is 11.9 Å². The highest BCUT2D eigenvalue weighted by Crippen LogP contribution is 2.23. The predicted molar refractivity (Wildman–Crippen MR) is 73.1 cm³/mol. The van der Waals surface area contributed by atoms with E-state index in [9.17, 15) is 4.79 Å². The number of aromatic nitrogens is 2. The van der Waals surface area contributed by atoms with Gasteiger partial charge < -0.3 is 10.6 Å². The smallest absolute Gasteiger partial charge is 0.259 e. The lowest BCUT2D eigenvalue weighted by Gasteiger charge is -2.20. The van der Waals surface area contributed by atoms with Crippen molar-refractivity contribution in [1.29, 1.82) is 0 Å². The van der Waals surface area contributed by atoms with Gasteiger partial charge in [-0.15, -0.1) is 0 Å². The minimum Gasteiger partial charge on any atom is -0.322 e. The van der Waals surface area contributed by atoms with Crippen molar-refractivity contribution in [1.82, 2.24) is 15.5 Å². The van der Waals surface area contributed by atoms with Crippen LogP contribution >= 0.6 is 0 Å². The Balaban J connectivity index is 1.88. The Kier molecular flexibility index (Phi) is 3.05. The number of aryl methyl sites for hydroxylation is 1. The highest BCUT2D eigenvalue weighted by molar-refractivity contribution is 6.05. The van der Waals surface area contributed by atoms with Crippen LogP contribution in [0.15, 0.2) is 24.4 Å². The molecular formula is C14H16N4O. The second-order valence-corrected chi connectivity index (χ2v) is 4.73. The molecule has 0 unspecified atom stereocenters. The number of rotatable bonds is 2. The summed E-state index contributed by atoms with van der Waals surface area (Å²) in [5.41, 5.74) is 4.77. The first-order valence-corrected chi connectivity index (χ1v) is 6.38. The van der Waals surface area contributed by atoms with Crippen LogP contribution in [-0.2, 0) is 13.0 Å². The van der Waals surface area contributed by atoms with Crippen molar-refractivity contribution in [3.63, 3.8) is 0 Å². The van der Waals surface area contributed by atoms with Gasteiger partial charge in [-0.1, -0.05) is 12.1 Å². The molecule has 3 rings (SSSR count). The average molecular weight is 256 g/mol. The molecule has 0 saturated carbocycles. The Labute approximate surface area is 111 Å². The minimum atomic E-state index is -0.113. The van der Waals surface area contributed by atoms with Crippen LogP contribution in [0.25, 0.3) is 0 Å². The Hall–Kier alpha value is -2.14. The molecule has 5 nitrogen and oxygen atoms in total. The first-order chi connectivity index (χ1) is 9.25. The molecule has 1 aliphatic rings. The number of H-pyrrole nitrogens is 1. The third kappa shape index (κ3) is 2.24. The first-order valence-electron chi connectivity index (χ1n) is 6.38. The van der Waals surface area contributed by atoms with Crippen molar-refractivity contribution in [2.45, 2.75) is 19.9 Å². The van der Waals surface area contributed by atoms with Crippen molar-refractivity contribution < 1.29 is 4.79 Å². The largest absolute Gasteiger partial charge is 0.322 e. The van der Waals surface area contributed by atoms with Crippen molar-refractivity contribution >= 4 is 11.6 Å². The number of hydrogen-bond donors (Lipinski definition) is 3.